The second kappa shape index (κ2) is 5.41. The van der Waals surface area contributed by atoms with E-state index in [9.17, 15) is 0 Å². The van der Waals surface area contributed by atoms with Gasteiger partial charge < -0.3 is 15.4 Å². The lowest BCUT2D eigenvalue weighted by molar-refractivity contribution is 0.414. The Bertz CT molecular complexity index is 366. The number of aryl methyl sites for hydroxylation is 1. The number of benzene rings is 1. The first kappa shape index (κ1) is 13.1. The van der Waals surface area contributed by atoms with Gasteiger partial charge in [0, 0.05) is 25.3 Å². The van der Waals surface area contributed by atoms with Crippen LogP contribution in [0.15, 0.2) is 12.1 Å². The number of nitrogens with two attached hydrogens (primary N) is 1. The summed E-state index contributed by atoms with van der Waals surface area (Å²) in [6.07, 6.45) is 0. The van der Waals surface area contributed by atoms with Crippen molar-refractivity contribution in [1.29, 1.82) is 0 Å². The summed E-state index contributed by atoms with van der Waals surface area (Å²) in [5, 5.41) is 0.625. The van der Waals surface area contributed by atoms with Crippen LogP contribution in [-0.2, 0) is 0 Å². The van der Waals surface area contributed by atoms with E-state index in [-0.39, 0.29) is 6.04 Å². The van der Waals surface area contributed by atoms with Crippen LogP contribution in [0, 0.1) is 6.92 Å². The molecule has 1 aromatic carbocycles. The van der Waals surface area contributed by atoms with Gasteiger partial charge in [-0.05, 0) is 31.5 Å². The maximum atomic E-state index is 6.10. The molecule has 1 rings (SSSR count). The number of rotatable bonds is 4. The highest BCUT2D eigenvalue weighted by Gasteiger charge is 2.10. The number of halogens is 1. The molecule has 0 aromatic heterocycles. The van der Waals surface area contributed by atoms with Crippen LogP contribution in [0.4, 0.5) is 5.69 Å². The molecule has 90 valence electrons. The fourth-order valence-corrected chi connectivity index (χ4v) is 1.98. The average Bonchev–Trinajstić information content (AvgIpc) is 2.19. The summed E-state index contributed by atoms with van der Waals surface area (Å²) in [5.74, 6) is 0.706. The van der Waals surface area contributed by atoms with Crippen LogP contribution >= 0.6 is 11.6 Å². The second-order valence-corrected chi connectivity index (χ2v) is 4.54. The predicted molar refractivity (Wildman–Crippen MR) is 69.7 cm³/mol. The van der Waals surface area contributed by atoms with Crippen molar-refractivity contribution in [2.24, 2.45) is 5.73 Å². The topological polar surface area (TPSA) is 38.5 Å². The van der Waals surface area contributed by atoms with Crippen molar-refractivity contribution in [2.75, 3.05) is 25.6 Å². The van der Waals surface area contributed by atoms with Crippen LogP contribution in [0.3, 0.4) is 0 Å². The normalized spacial score (nSPS) is 12.4. The summed E-state index contributed by atoms with van der Waals surface area (Å²) in [6.45, 7) is 4.81. The smallest absolute Gasteiger partial charge is 0.137 e. The Morgan fingerprint density at radius 2 is 2.12 bits per heavy atom. The van der Waals surface area contributed by atoms with Crippen molar-refractivity contribution in [3.05, 3.63) is 22.7 Å². The Morgan fingerprint density at radius 3 is 2.62 bits per heavy atom. The molecule has 0 fully saturated rings. The molecule has 0 radical (unpaired) electrons. The Kier molecular flexibility index (Phi) is 4.44. The van der Waals surface area contributed by atoms with Crippen LogP contribution in [0.25, 0.3) is 0 Å². The lowest BCUT2D eigenvalue weighted by Gasteiger charge is -2.24. The molecule has 0 aliphatic carbocycles. The highest BCUT2D eigenvalue weighted by Crippen LogP contribution is 2.32. The number of hydrogen-bond donors (Lipinski definition) is 1. The van der Waals surface area contributed by atoms with Gasteiger partial charge in [0.2, 0.25) is 0 Å². The SMILES string of the molecule is COc1cc(C)c(N(C)CC(C)N)cc1Cl. The van der Waals surface area contributed by atoms with E-state index in [4.69, 9.17) is 22.1 Å². The van der Waals surface area contributed by atoms with Gasteiger partial charge in [-0.1, -0.05) is 11.6 Å². The molecule has 3 nitrogen and oxygen atoms in total. The van der Waals surface area contributed by atoms with Gasteiger partial charge in [0.15, 0.2) is 0 Å². The van der Waals surface area contributed by atoms with E-state index in [1.54, 1.807) is 7.11 Å². The lowest BCUT2D eigenvalue weighted by Crippen LogP contribution is -2.33. The van der Waals surface area contributed by atoms with Crippen molar-refractivity contribution < 1.29 is 4.74 Å². The zero-order valence-corrected chi connectivity index (χ0v) is 11.0. The molecule has 16 heavy (non-hydrogen) atoms. The third kappa shape index (κ3) is 3.03. The van der Waals surface area contributed by atoms with Crippen LogP contribution in [0.2, 0.25) is 5.02 Å². The highest BCUT2D eigenvalue weighted by molar-refractivity contribution is 6.32. The fraction of sp³-hybridized carbons (Fsp3) is 0.500. The van der Waals surface area contributed by atoms with Crippen molar-refractivity contribution in [3.63, 3.8) is 0 Å². The van der Waals surface area contributed by atoms with Crippen molar-refractivity contribution >= 4 is 17.3 Å². The van der Waals surface area contributed by atoms with E-state index < -0.39 is 0 Å². The zero-order valence-electron chi connectivity index (χ0n) is 10.2. The molecule has 1 atom stereocenters. The van der Waals surface area contributed by atoms with Gasteiger partial charge in [0.05, 0.1) is 12.1 Å². The van der Waals surface area contributed by atoms with Crippen LogP contribution in [0.1, 0.15) is 12.5 Å². The second-order valence-electron chi connectivity index (χ2n) is 4.13. The third-order valence-corrected chi connectivity index (χ3v) is 2.74. The van der Waals surface area contributed by atoms with E-state index in [1.807, 2.05) is 33.0 Å². The number of hydrogen-bond acceptors (Lipinski definition) is 3. The summed E-state index contributed by atoms with van der Waals surface area (Å²) in [6, 6.07) is 3.98. The number of ether oxygens (including phenoxy) is 1. The summed E-state index contributed by atoms with van der Waals surface area (Å²) < 4.78 is 5.17. The molecule has 2 N–H and O–H groups in total. The first-order chi connectivity index (χ1) is 7.45. The molecule has 0 heterocycles. The maximum Gasteiger partial charge on any atom is 0.137 e. The summed E-state index contributed by atoms with van der Waals surface area (Å²) in [7, 11) is 3.63. The zero-order chi connectivity index (χ0) is 12.3. The van der Waals surface area contributed by atoms with Gasteiger partial charge >= 0.3 is 0 Å². The molecule has 0 saturated heterocycles. The van der Waals surface area contributed by atoms with Crippen molar-refractivity contribution in [3.8, 4) is 5.75 Å². The minimum atomic E-state index is 0.130. The van der Waals surface area contributed by atoms with Gasteiger partial charge in [-0.25, -0.2) is 0 Å². The van der Waals surface area contributed by atoms with Crippen LogP contribution < -0.4 is 15.4 Å². The Hall–Kier alpha value is -0.930. The van der Waals surface area contributed by atoms with E-state index in [2.05, 4.69) is 4.90 Å². The van der Waals surface area contributed by atoms with Gasteiger partial charge in [0.25, 0.3) is 0 Å². The minimum Gasteiger partial charge on any atom is -0.495 e. The average molecular weight is 243 g/mol. The molecule has 0 saturated carbocycles. The van der Waals surface area contributed by atoms with E-state index >= 15 is 0 Å². The first-order valence-electron chi connectivity index (χ1n) is 5.26. The predicted octanol–water partition coefficient (Wildman–Crippen LogP) is 2.44. The van der Waals surface area contributed by atoms with Gasteiger partial charge in [0.1, 0.15) is 5.75 Å². The molecular formula is C12H19ClN2O. The number of anilines is 1. The monoisotopic (exact) mass is 242 g/mol. The molecule has 0 aliphatic heterocycles. The minimum absolute atomic E-state index is 0.130. The van der Waals surface area contributed by atoms with E-state index in [1.165, 1.54) is 0 Å². The molecule has 1 unspecified atom stereocenters. The largest absolute Gasteiger partial charge is 0.495 e. The molecule has 4 heteroatoms. The van der Waals surface area contributed by atoms with E-state index in [0.717, 1.165) is 17.8 Å². The number of methoxy groups -OCH3 is 1. The fourth-order valence-electron chi connectivity index (χ4n) is 1.74. The van der Waals surface area contributed by atoms with Crippen molar-refractivity contribution in [1.82, 2.24) is 0 Å². The summed E-state index contributed by atoms with van der Waals surface area (Å²) >= 11 is 6.10. The first-order valence-corrected chi connectivity index (χ1v) is 5.64. The van der Waals surface area contributed by atoms with Crippen LogP contribution in [-0.4, -0.2) is 26.7 Å². The van der Waals surface area contributed by atoms with Gasteiger partial charge in [-0.3, -0.25) is 0 Å². The summed E-state index contributed by atoms with van der Waals surface area (Å²) in [4.78, 5) is 2.10. The molecule has 0 spiro atoms. The Labute approximate surface area is 102 Å². The Morgan fingerprint density at radius 1 is 1.50 bits per heavy atom. The van der Waals surface area contributed by atoms with Crippen molar-refractivity contribution in [2.45, 2.75) is 19.9 Å². The van der Waals surface area contributed by atoms with E-state index in [0.29, 0.717) is 10.8 Å². The molecule has 0 bridgehead atoms. The maximum absolute atomic E-state index is 6.10. The standard InChI is InChI=1S/C12H19ClN2O/c1-8-5-12(16-4)10(13)6-11(8)15(3)7-9(2)14/h5-6,9H,7,14H2,1-4H3. The van der Waals surface area contributed by atoms with Crippen LogP contribution in [0.5, 0.6) is 5.75 Å². The quantitative estimate of drug-likeness (QED) is 0.882. The lowest BCUT2D eigenvalue weighted by atomic mass is 10.1. The molecule has 1 aromatic rings. The number of likely N-dealkylation sites (N-methyl/N-ethyl adjacent to an activating group) is 1. The Balaban J connectivity index is 3.01. The molecule has 0 aliphatic rings. The molecular weight excluding hydrogens is 224 g/mol. The number of nitrogens with zero attached hydrogens (tertiary/aromatic N) is 1. The highest BCUT2D eigenvalue weighted by atomic mass is 35.5. The van der Waals surface area contributed by atoms with Gasteiger partial charge in [-0.15, -0.1) is 0 Å². The summed E-state index contributed by atoms with van der Waals surface area (Å²) in [5.41, 5.74) is 7.99. The van der Waals surface area contributed by atoms with Gasteiger partial charge in [-0.2, -0.15) is 0 Å². The third-order valence-electron chi connectivity index (χ3n) is 2.44. The molecule has 0 amide bonds.